The fourth-order valence-electron chi connectivity index (χ4n) is 2.73. The van der Waals surface area contributed by atoms with E-state index in [2.05, 4.69) is 16.4 Å². The van der Waals surface area contributed by atoms with Crippen molar-refractivity contribution in [3.8, 4) is 6.07 Å². The highest BCUT2D eigenvalue weighted by molar-refractivity contribution is 5.50. The first-order valence-electron chi connectivity index (χ1n) is 7.08. The number of aromatic nitrogens is 1. The molecule has 2 N–H and O–H groups in total. The Morgan fingerprint density at radius 2 is 2.26 bits per heavy atom. The summed E-state index contributed by atoms with van der Waals surface area (Å²) in [6.45, 7) is 0.801. The van der Waals surface area contributed by atoms with Gasteiger partial charge in [-0.2, -0.15) is 5.26 Å². The maximum absolute atomic E-state index is 9.89. The largest absolute Gasteiger partial charge is 0.393 e. The summed E-state index contributed by atoms with van der Waals surface area (Å²) in [5.41, 5.74) is 0.584. The summed E-state index contributed by atoms with van der Waals surface area (Å²) < 4.78 is 0. The highest BCUT2D eigenvalue weighted by Crippen LogP contribution is 2.27. The summed E-state index contributed by atoms with van der Waals surface area (Å²) in [6, 6.07) is 5.66. The topological polar surface area (TPSA) is 68.9 Å². The van der Waals surface area contributed by atoms with E-state index in [0.717, 1.165) is 38.6 Å². The van der Waals surface area contributed by atoms with Crippen LogP contribution in [-0.2, 0) is 0 Å². The Kier molecular flexibility index (Phi) is 5.17. The number of pyridine rings is 1. The summed E-state index contributed by atoms with van der Waals surface area (Å²) in [4.78, 5) is 4.17. The summed E-state index contributed by atoms with van der Waals surface area (Å²) in [7, 11) is 0. The molecule has 0 spiro atoms. The Hall–Kier alpha value is -1.60. The number of hydrogen-bond donors (Lipinski definition) is 2. The Morgan fingerprint density at radius 3 is 3.05 bits per heavy atom. The molecule has 0 bridgehead atoms. The van der Waals surface area contributed by atoms with Gasteiger partial charge in [0.1, 0.15) is 11.9 Å². The smallest absolute Gasteiger partial charge is 0.143 e. The van der Waals surface area contributed by atoms with Crippen molar-refractivity contribution in [1.29, 1.82) is 5.26 Å². The van der Waals surface area contributed by atoms with E-state index in [1.165, 1.54) is 6.42 Å². The van der Waals surface area contributed by atoms with Crippen molar-refractivity contribution in [2.75, 3.05) is 11.9 Å². The van der Waals surface area contributed by atoms with Gasteiger partial charge in [0.15, 0.2) is 0 Å². The molecule has 0 aromatic carbocycles. The zero-order chi connectivity index (χ0) is 13.5. The van der Waals surface area contributed by atoms with Crippen molar-refractivity contribution >= 4 is 5.82 Å². The minimum atomic E-state index is -0.113. The maximum Gasteiger partial charge on any atom is 0.143 e. The van der Waals surface area contributed by atoms with Crippen molar-refractivity contribution in [2.45, 2.75) is 44.6 Å². The normalized spacial score (nSPS) is 22.7. The second kappa shape index (κ2) is 7.10. The number of anilines is 1. The van der Waals surface area contributed by atoms with E-state index in [9.17, 15) is 5.11 Å². The molecule has 1 aromatic heterocycles. The highest BCUT2D eigenvalue weighted by Gasteiger charge is 2.22. The molecule has 2 rings (SSSR count). The van der Waals surface area contributed by atoms with Gasteiger partial charge in [-0.3, -0.25) is 0 Å². The first-order valence-corrected chi connectivity index (χ1v) is 7.08. The van der Waals surface area contributed by atoms with Gasteiger partial charge in [0.25, 0.3) is 0 Å². The number of hydrogen-bond acceptors (Lipinski definition) is 4. The Balaban J connectivity index is 1.73. The molecule has 0 aliphatic heterocycles. The van der Waals surface area contributed by atoms with Crippen LogP contribution in [0.4, 0.5) is 5.82 Å². The molecular formula is C15H21N3O. The lowest BCUT2D eigenvalue weighted by Crippen LogP contribution is -2.24. The van der Waals surface area contributed by atoms with E-state index in [1.807, 2.05) is 0 Å². The molecule has 1 saturated carbocycles. The van der Waals surface area contributed by atoms with E-state index in [1.54, 1.807) is 18.3 Å². The lowest BCUT2D eigenvalue weighted by Gasteiger charge is -2.27. The lowest BCUT2D eigenvalue weighted by atomic mass is 9.83. The molecule has 1 aliphatic carbocycles. The molecule has 0 radical (unpaired) electrons. The molecule has 19 heavy (non-hydrogen) atoms. The van der Waals surface area contributed by atoms with Crippen LogP contribution < -0.4 is 5.32 Å². The SMILES string of the molecule is N#Cc1cccnc1NCCCC1CCCCC1O. The number of nitrogens with one attached hydrogen (secondary N) is 1. The van der Waals surface area contributed by atoms with Gasteiger partial charge in [-0.05, 0) is 43.7 Å². The van der Waals surface area contributed by atoms with Crippen LogP contribution in [0.3, 0.4) is 0 Å². The summed E-state index contributed by atoms with van der Waals surface area (Å²) in [5, 5.41) is 22.0. The average Bonchev–Trinajstić information content (AvgIpc) is 2.45. The predicted molar refractivity (Wildman–Crippen MR) is 74.6 cm³/mol. The second-order valence-corrected chi connectivity index (χ2v) is 5.19. The molecular weight excluding hydrogens is 238 g/mol. The lowest BCUT2D eigenvalue weighted by molar-refractivity contribution is 0.0648. The number of nitriles is 1. The van der Waals surface area contributed by atoms with E-state index in [-0.39, 0.29) is 6.10 Å². The quantitative estimate of drug-likeness (QED) is 0.798. The van der Waals surface area contributed by atoms with Crippen LogP contribution >= 0.6 is 0 Å². The molecule has 1 fully saturated rings. The first kappa shape index (κ1) is 13.8. The van der Waals surface area contributed by atoms with Gasteiger partial charge in [-0.25, -0.2) is 4.98 Å². The first-order chi connectivity index (χ1) is 9.31. The zero-order valence-corrected chi connectivity index (χ0v) is 11.2. The Morgan fingerprint density at radius 1 is 1.42 bits per heavy atom. The summed E-state index contributed by atoms with van der Waals surface area (Å²) in [5.74, 6) is 1.11. The van der Waals surface area contributed by atoms with E-state index >= 15 is 0 Å². The van der Waals surface area contributed by atoms with Gasteiger partial charge in [-0.1, -0.05) is 12.8 Å². The van der Waals surface area contributed by atoms with Crippen molar-refractivity contribution in [3.05, 3.63) is 23.9 Å². The Labute approximate surface area is 114 Å². The van der Waals surface area contributed by atoms with E-state index in [0.29, 0.717) is 17.3 Å². The van der Waals surface area contributed by atoms with Gasteiger partial charge in [0.2, 0.25) is 0 Å². The molecule has 0 saturated heterocycles. The third kappa shape index (κ3) is 3.93. The van der Waals surface area contributed by atoms with Gasteiger partial charge in [0.05, 0.1) is 11.7 Å². The van der Waals surface area contributed by atoms with Crippen molar-refractivity contribution < 1.29 is 5.11 Å². The molecule has 4 heteroatoms. The minimum Gasteiger partial charge on any atom is -0.393 e. The summed E-state index contributed by atoms with van der Waals surface area (Å²) in [6.07, 6.45) is 8.13. The number of nitrogens with zero attached hydrogens (tertiary/aromatic N) is 2. The molecule has 1 aliphatic rings. The van der Waals surface area contributed by atoms with Crippen molar-refractivity contribution in [1.82, 2.24) is 4.98 Å². The van der Waals surface area contributed by atoms with Crippen LogP contribution in [0.5, 0.6) is 0 Å². The zero-order valence-electron chi connectivity index (χ0n) is 11.2. The standard InChI is InChI=1S/C15H21N3O/c16-11-13-7-4-10-18-15(13)17-9-3-6-12-5-1-2-8-14(12)19/h4,7,10,12,14,19H,1-3,5-6,8-9H2,(H,17,18). The monoisotopic (exact) mass is 259 g/mol. The van der Waals surface area contributed by atoms with Crippen LogP contribution in [0.1, 0.15) is 44.1 Å². The molecule has 4 nitrogen and oxygen atoms in total. The number of aliphatic hydroxyl groups excluding tert-OH is 1. The molecule has 2 unspecified atom stereocenters. The van der Waals surface area contributed by atoms with Crippen LogP contribution in [0.2, 0.25) is 0 Å². The van der Waals surface area contributed by atoms with Crippen LogP contribution in [0, 0.1) is 17.2 Å². The second-order valence-electron chi connectivity index (χ2n) is 5.19. The average molecular weight is 259 g/mol. The van der Waals surface area contributed by atoms with Crippen LogP contribution in [-0.4, -0.2) is 22.7 Å². The van der Waals surface area contributed by atoms with Crippen molar-refractivity contribution in [3.63, 3.8) is 0 Å². The molecule has 1 heterocycles. The molecule has 102 valence electrons. The van der Waals surface area contributed by atoms with E-state index < -0.39 is 0 Å². The van der Waals surface area contributed by atoms with Gasteiger partial charge in [-0.15, -0.1) is 0 Å². The number of rotatable bonds is 5. The Bertz CT molecular complexity index is 441. The molecule has 0 amide bonds. The third-order valence-corrected chi connectivity index (χ3v) is 3.84. The third-order valence-electron chi connectivity index (χ3n) is 3.84. The summed E-state index contributed by atoms with van der Waals surface area (Å²) >= 11 is 0. The van der Waals surface area contributed by atoms with Gasteiger partial charge in [0, 0.05) is 12.7 Å². The van der Waals surface area contributed by atoms with Crippen molar-refractivity contribution in [2.24, 2.45) is 5.92 Å². The van der Waals surface area contributed by atoms with Crippen LogP contribution in [0.15, 0.2) is 18.3 Å². The van der Waals surface area contributed by atoms with Gasteiger partial charge < -0.3 is 10.4 Å². The fourth-order valence-corrected chi connectivity index (χ4v) is 2.73. The van der Waals surface area contributed by atoms with Crippen LogP contribution in [0.25, 0.3) is 0 Å². The van der Waals surface area contributed by atoms with Gasteiger partial charge >= 0.3 is 0 Å². The number of aliphatic hydroxyl groups is 1. The fraction of sp³-hybridized carbons (Fsp3) is 0.600. The molecule has 2 atom stereocenters. The van der Waals surface area contributed by atoms with E-state index in [4.69, 9.17) is 5.26 Å². The maximum atomic E-state index is 9.89. The highest BCUT2D eigenvalue weighted by atomic mass is 16.3. The molecule has 1 aromatic rings. The minimum absolute atomic E-state index is 0.113. The predicted octanol–water partition coefficient (Wildman–Crippen LogP) is 2.70.